The predicted octanol–water partition coefficient (Wildman–Crippen LogP) is 2.04. The molecule has 46 valence electrons. The van der Waals surface area contributed by atoms with Gasteiger partial charge in [0.15, 0.2) is 0 Å². The fraction of sp³-hybridized carbons (Fsp3) is 0.571. The van der Waals surface area contributed by atoms with Crippen molar-refractivity contribution in [3.63, 3.8) is 0 Å². The SMILES string of the molecule is C=C(C)C(C)=NCC. The molecular weight excluding hydrogens is 98.1 g/mol. The van der Waals surface area contributed by atoms with Crippen LogP contribution in [-0.2, 0) is 0 Å². The van der Waals surface area contributed by atoms with Crippen LogP contribution in [-0.4, -0.2) is 12.3 Å². The van der Waals surface area contributed by atoms with Crippen LogP contribution in [0.1, 0.15) is 20.8 Å². The second kappa shape index (κ2) is 3.42. The van der Waals surface area contributed by atoms with E-state index in [0.717, 1.165) is 17.8 Å². The third-order valence-electron chi connectivity index (χ3n) is 1.01. The Morgan fingerprint density at radius 2 is 2.00 bits per heavy atom. The van der Waals surface area contributed by atoms with E-state index in [1.54, 1.807) is 0 Å². The summed E-state index contributed by atoms with van der Waals surface area (Å²) >= 11 is 0. The number of rotatable bonds is 2. The second-order valence-electron chi connectivity index (χ2n) is 1.84. The molecule has 0 amide bonds. The number of hydrogen-bond acceptors (Lipinski definition) is 1. The van der Waals surface area contributed by atoms with Gasteiger partial charge in [-0.15, -0.1) is 0 Å². The lowest BCUT2D eigenvalue weighted by Crippen LogP contribution is -1.91. The lowest BCUT2D eigenvalue weighted by atomic mass is 10.2. The third kappa shape index (κ3) is 2.56. The zero-order valence-electron chi connectivity index (χ0n) is 5.86. The van der Waals surface area contributed by atoms with Crippen LogP contribution in [0.4, 0.5) is 0 Å². The Labute approximate surface area is 51.1 Å². The monoisotopic (exact) mass is 111 g/mol. The minimum Gasteiger partial charge on any atom is -0.290 e. The first kappa shape index (κ1) is 7.41. The van der Waals surface area contributed by atoms with Gasteiger partial charge in [0.1, 0.15) is 0 Å². The number of hydrogen-bond donors (Lipinski definition) is 0. The van der Waals surface area contributed by atoms with Gasteiger partial charge >= 0.3 is 0 Å². The first-order chi connectivity index (χ1) is 3.68. The zero-order valence-corrected chi connectivity index (χ0v) is 5.86. The predicted molar refractivity (Wildman–Crippen MR) is 38.5 cm³/mol. The summed E-state index contributed by atoms with van der Waals surface area (Å²) in [6.07, 6.45) is 0. The van der Waals surface area contributed by atoms with Crippen molar-refractivity contribution in [2.24, 2.45) is 4.99 Å². The van der Waals surface area contributed by atoms with E-state index in [4.69, 9.17) is 0 Å². The first-order valence-corrected chi connectivity index (χ1v) is 2.85. The second-order valence-corrected chi connectivity index (χ2v) is 1.84. The van der Waals surface area contributed by atoms with E-state index in [2.05, 4.69) is 11.6 Å². The molecule has 0 fully saturated rings. The van der Waals surface area contributed by atoms with E-state index in [1.165, 1.54) is 0 Å². The molecule has 0 atom stereocenters. The Kier molecular flexibility index (Phi) is 3.16. The van der Waals surface area contributed by atoms with Gasteiger partial charge in [0.2, 0.25) is 0 Å². The Morgan fingerprint density at radius 1 is 1.50 bits per heavy atom. The molecule has 0 radical (unpaired) electrons. The molecule has 8 heavy (non-hydrogen) atoms. The summed E-state index contributed by atoms with van der Waals surface area (Å²) in [5.41, 5.74) is 2.12. The van der Waals surface area contributed by atoms with Crippen molar-refractivity contribution in [2.75, 3.05) is 6.54 Å². The van der Waals surface area contributed by atoms with Crippen molar-refractivity contribution >= 4 is 5.71 Å². The summed E-state index contributed by atoms with van der Waals surface area (Å²) in [5, 5.41) is 0. The lowest BCUT2D eigenvalue weighted by Gasteiger charge is -1.93. The highest BCUT2D eigenvalue weighted by atomic mass is 14.7. The van der Waals surface area contributed by atoms with Gasteiger partial charge in [0, 0.05) is 12.3 Å². The van der Waals surface area contributed by atoms with Gasteiger partial charge in [-0.25, -0.2) is 0 Å². The van der Waals surface area contributed by atoms with Gasteiger partial charge in [-0.2, -0.15) is 0 Å². The highest BCUT2D eigenvalue weighted by molar-refractivity contribution is 5.96. The highest BCUT2D eigenvalue weighted by Crippen LogP contribution is 1.90. The molecule has 0 aromatic heterocycles. The van der Waals surface area contributed by atoms with Crippen LogP contribution in [0.3, 0.4) is 0 Å². The Balaban J connectivity index is 3.80. The maximum atomic E-state index is 4.14. The number of allylic oxidation sites excluding steroid dienone is 1. The standard InChI is InChI=1S/C7H13N/c1-5-8-7(4)6(2)3/h2,5H2,1,3-4H3. The smallest absolute Gasteiger partial charge is 0.0364 e. The quantitative estimate of drug-likeness (QED) is 0.483. The van der Waals surface area contributed by atoms with Gasteiger partial charge in [-0.1, -0.05) is 6.58 Å². The minimum absolute atomic E-state index is 0.860. The summed E-state index contributed by atoms with van der Waals surface area (Å²) in [6, 6.07) is 0. The van der Waals surface area contributed by atoms with Crippen molar-refractivity contribution in [1.82, 2.24) is 0 Å². The fourth-order valence-electron chi connectivity index (χ4n) is 0.372. The van der Waals surface area contributed by atoms with Gasteiger partial charge in [-0.05, 0) is 26.3 Å². The van der Waals surface area contributed by atoms with E-state index < -0.39 is 0 Å². The molecule has 0 bridgehead atoms. The van der Waals surface area contributed by atoms with Gasteiger partial charge in [0.05, 0.1) is 0 Å². The number of nitrogens with zero attached hydrogens (tertiary/aromatic N) is 1. The fourth-order valence-corrected chi connectivity index (χ4v) is 0.372. The van der Waals surface area contributed by atoms with Crippen molar-refractivity contribution in [1.29, 1.82) is 0 Å². The Hall–Kier alpha value is -0.590. The number of aliphatic imine (C=N–C) groups is 1. The summed E-state index contributed by atoms with van der Waals surface area (Å²) < 4.78 is 0. The van der Waals surface area contributed by atoms with E-state index in [-0.39, 0.29) is 0 Å². The summed E-state index contributed by atoms with van der Waals surface area (Å²) in [6.45, 7) is 10.6. The van der Waals surface area contributed by atoms with Crippen LogP contribution >= 0.6 is 0 Å². The topological polar surface area (TPSA) is 12.4 Å². The van der Waals surface area contributed by atoms with E-state index in [1.807, 2.05) is 20.8 Å². The molecule has 0 aliphatic heterocycles. The van der Waals surface area contributed by atoms with Crippen molar-refractivity contribution in [2.45, 2.75) is 20.8 Å². The molecule has 0 aliphatic rings. The summed E-state index contributed by atoms with van der Waals surface area (Å²) in [7, 11) is 0. The lowest BCUT2D eigenvalue weighted by molar-refractivity contribution is 1.12. The molecule has 0 rings (SSSR count). The van der Waals surface area contributed by atoms with Crippen LogP contribution in [0.25, 0.3) is 0 Å². The molecule has 0 spiro atoms. The molecule has 0 saturated carbocycles. The minimum atomic E-state index is 0.860. The Bertz CT molecular complexity index is 112. The first-order valence-electron chi connectivity index (χ1n) is 2.85. The molecular formula is C7H13N. The maximum absolute atomic E-state index is 4.14. The van der Waals surface area contributed by atoms with E-state index in [0.29, 0.717) is 0 Å². The van der Waals surface area contributed by atoms with Crippen LogP contribution in [0.15, 0.2) is 17.1 Å². The molecule has 1 heteroatoms. The molecule has 0 aliphatic carbocycles. The molecule has 0 aromatic rings. The van der Waals surface area contributed by atoms with Crippen molar-refractivity contribution < 1.29 is 0 Å². The van der Waals surface area contributed by atoms with Gasteiger partial charge in [-0.3, -0.25) is 4.99 Å². The largest absolute Gasteiger partial charge is 0.290 e. The normalized spacial score (nSPS) is 11.6. The third-order valence-corrected chi connectivity index (χ3v) is 1.01. The Morgan fingerprint density at radius 3 is 2.12 bits per heavy atom. The van der Waals surface area contributed by atoms with E-state index in [9.17, 15) is 0 Å². The summed E-state index contributed by atoms with van der Waals surface area (Å²) in [5.74, 6) is 0. The molecule has 1 nitrogen and oxygen atoms in total. The average Bonchev–Trinajstić information content (AvgIpc) is 1.67. The van der Waals surface area contributed by atoms with Crippen LogP contribution in [0, 0.1) is 0 Å². The zero-order chi connectivity index (χ0) is 6.57. The maximum Gasteiger partial charge on any atom is 0.0364 e. The molecule has 0 N–H and O–H groups in total. The summed E-state index contributed by atoms with van der Waals surface area (Å²) in [4.78, 5) is 4.14. The van der Waals surface area contributed by atoms with Crippen LogP contribution in [0.2, 0.25) is 0 Å². The molecule has 0 saturated heterocycles. The van der Waals surface area contributed by atoms with Gasteiger partial charge in [0.25, 0.3) is 0 Å². The molecule has 0 unspecified atom stereocenters. The molecule has 0 heterocycles. The van der Waals surface area contributed by atoms with Crippen molar-refractivity contribution in [3.8, 4) is 0 Å². The van der Waals surface area contributed by atoms with Crippen LogP contribution in [0.5, 0.6) is 0 Å². The molecule has 0 aromatic carbocycles. The highest BCUT2D eigenvalue weighted by Gasteiger charge is 1.85. The van der Waals surface area contributed by atoms with E-state index >= 15 is 0 Å². The van der Waals surface area contributed by atoms with Gasteiger partial charge < -0.3 is 0 Å². The van der Waals surface area contributed by atoms with Crippen LogP contribution < -0.4 is 0 Å². The van der Waals surface area contributed by atoms with Crippen molar-refractivity contribution in [3.05, 3.63) is 12.2 Å². The average molecular weight is 111 g/mol.